The molecule has 6 N–H and O–H groups in total. The van der Waals surface area contributed by atoms with Crippen molar-refractivity contribution in [3.8, 4) is 5.75 Å². The van der Waals surface area contributed by atoms with E-state index in [1.54, 1.807) is 0 Å². The minimum Gasteiger partial charge on any atom is -0.485 e. The number of aliphatic hydroxyl groups excluding tert-OH is 6. The zero-order valence-electron chi connectivity index (χ0n) is 15.5. The Balaban J connectivity index is 0.000000211. The van der Waals surface area contributed by atoms with E-state index >= 15 is 0 Å². The lowest BCUT2D eigenvalue weighted by molar-refractivity contribution is -0.123. The molecule has 154 valence electrons. The Morgan fingerprint density at radius 2 is 1.32 bits per heavy atom. The molecular formula is C21H28O7. The van der Waals surface area contributed by atoms with Gasteiger partial charge in [-0.05, 0) is 30.0 Å². The van der Waals surface area contributed by atoms with E-state index in [1.165, 1.54) is 11.1 Å². The molecule has 0 bridgehead atoms. The van der Waals surface area contributed by atoms with Gasteiger partial charge in [-0.3, -0.25) is 0 Å². The van der Waals surface area contributed by atoms with Crippen molar-refractivity contribution < 1.29 is 35.4 Å². The van der Waals surface area contributed by atoms with Gasteiger partial charge in [0.05, 0.1) is 13.2 Å². The Morgan fingerprint density at radius 1 is 0.786 bits per heavy atom. The van der Waals surface area contributed by atoms with Crippen LogP contribution < -0.4 is 4.74 Å². The fraction of sp³-hybridized carbons (Fsp3) is 0.429. The summed E-state index contributed by atoms with van der Waals surface area (Å²) in [5.74, 6) is 1.04. The molecule has 0 saturated heterocycles. The average Bonchev–Trinajstić information content (AvgIpc) is 2.77. The lowest BCUT2D eigenvalue weighted by Crippen LogP contribution is -2.46. The number of ether oxygens (including phenoxy) is 1. The topological polar surface area (TPSA) is 131 Å². The maximum absolute atomic E-state index is 8.96. The Labute approximate surface area is 164 Å². The number of fused-ring (bicyclic) bond motifs is 1. The number of benzene rings is 2. The molecule has 2 aromatic carbocycles. The van der Waals surface area contributed by atoms with Gasteiger partial charge >= 0.3 is 0 Å². The van der Waals surface area contributed by atoms with E-state index < -0.39 is 37.6 Å². The van der Waals surface area contributed by atoms with Crippen molar-refractivity contribution in [1.29, 1.82) is 0 Å². The van der Waals surface area contributed by atoms with Crippen LogP contribution in [0.15, 0.2) is 54.6 Å². The molecule has 3 rings (SSSR count). The summed E-state index contributed by atoms with van der Waals surface area (Å²) >= 11 is 0. The van der Waals surface area contributed by atoms with Crippen molar-refractivity contribution in [3.63, 3.8) is 0 Å². The SMILES string of the molecule is OCC(O)C(O)C(O)C(O)CO.c1ccc(C2CCc3ccccc3O2)cc1. The van der Waals surface area contributed by atoms with Crippen LogP contribution >= 0.6 is 0 Å². The summed E-state index contributed by atoms with van der Waals surface area (Å²) in [6, 6.07) is 18.8. The van der Waals surface area contributed by atoms with Crippen molar-refractivity contribution in [3.05, 3.63) is 65.7 Å². The van der Waals surface area contributed by atoms with Crippen LogP contribution in [-0.4, -0.2) is 68.3 Å². The summed E-state index contributed by atoms with van der Waals surface area (Å²) in [6.07, 6.45) is -4.00. The van der Waals surface area contributed by atoms with E-state index in [2.05, 4.69) is 42.5 Å². The summed E-state index contributed by atoms with van der Waals surface area (Å²) < 4.78 is 6.02. The summed E-state index contributed by atoms with van der Waals surface area (Å²) in [7, 11) is 0. The number of rotatable bonds is 6. The molecule has 5 unspecified atom stereocenters. The second-order valence-corrected chi connectivity index (χ2v) is 6.64. The Bertz CT molecular complexity index is 680. The van der Waals surface area contributed by atoms with Crippen LogP contribution in [0, 0.1) is 0 Å². The van der Waals surface area contributed by atoms with Gasteiger partial charge in [0, 0.05) is 0 Å². The third-order valence-electron chi connectivity index (χ3n) is 4.60. The van der Waals surface area contributed by atoms with E-state index in [-0.39, 0.29) is 6.10 Å². The molecule has 0 aliphatic carbocycles. The van der Waals surface area contributed by atoms with E-state index in [4.69, 9.17) is 35.4 Å². The zero-order chi connectivity index (χ0) is 20.5. The fourth-order valence-corrected chi connectivity index (χ4v) is 2.90. The minimum absolute atomic E-state index is 0.219. The third kappa shape index (κ3) is 6.00. The average molecular weight is 392 g/mol. The maximum Gasteiger partial charge on any atom is 0.124 e. The summed E-state index contributed by atoms with van der Waals surface area (Å²) in [5.41, 5.74) is 2.60. The van der Waals surface area contributed by atoms with Crippen LogP contribution in [0.4, 0.5) is 0 Å². The smallest absolute Gasteiger partial charge is 0.124 e. The molecule has 5 atom stereocenters. The van der Waals surface area contributed by atoms with Gasteiger partial charge in [0.1, 0.15) is 36.3 Å². The molecule has 28 heavy (non-hydrogen) atoms. The molecule has 0 fully saturated rings. The lowest BCUT2D eigenvalue weighted by Gasteiger charge is -2.26. The van der Waals surface area contributed by atoms with Crippen LogP contribution in [-0.2, 0) is 6.42 Å². The normalized spacial score (nSPS) is 19.9. The molecular weight excluding hydrogens is 364 g/mol. The third-order valence-corrected chi connectivity index (χ3v) is 4.60. The summed E-state index contributed by atoms with van der Waals surface area (Å²) in [5, 5.41) is 52.2. The zero-order valence-corrected chi connectivity index (χ0v) is 15.5. The highest BCUT2D eigenvalue weighted by molar-refractivity contribution is 5.36. The van der Waals surface area contributed by atoms with Crippen LogP contribution in [0.2, 0.25) is 0 Å². The second kappa shape index (κ2) is 11.1. The van der Waals surface area contributed by atoms with E-state index in [9.17, 15) is 0 Å². The molecule has 7 heteroatoms. The Kier molecular flexibility index (Phi) is 8.85. The van der Waals surface area contributed by atoms with Gasteiger partial charge in [0.2, 0.25) is 0 Å². The molecule has 1 aliphatic rings. The van der Waals surface area contributed by atoms with Crippen LogP contribution in [0.1, 0.15) is 23.7 Å². The van der Waals surface area contributed by atoms with Crippen molar-refractivity contribution >= 4 is 0 Å². The quantitative estimate of drug-likeness (QED) is 0.413. The van der Waals surface area contributed by atoms with Gasteiger partial charge in [0.15, 0.2) is 0 Å². The molecule has 0 aromatic heterocycles. The molecule has 0 saturated carbocycles. The largest absolute Gasteiger partial charge is 0.485 e. The monoisotopic (exact) mass is 392 g/mol. The first-order valence-corrected chi connectivity index (χ1v) is 9.21. The number of para-hydroxylation sites is 1. The van der Waals surface area contributed by atoms with Crippen molar-refractivity contribution in [2.75, 3.05) is 13.2 Å². The predicted octanol–water partition coefficient (Wildman–Crippen LogP) is 0.168. The van der Waals surface area contributed by atoms with Crippen molar-refractivity contribution in [2.24, 2.45) is 0 Å². The number of hydrogen-bond acceptors (Lipinski definition) is 7. The summed E-state index contributed by atoms with van der Waals surface area (Å²) in [6.45, 7) is -1.45. The van der Waals surface area contributed by atoms with Gasteiger partial charge in [-0.15, -0.1) is 0 Å². The number of aryl methyl sites for hydroxylation is 1. The molecule has 0 radical (unpaired) electrons. The fourth-order valence-electron chi connectivity index (χ4n) is 2.90. The number of hydrogen-bond donors (Lipinski definition) is 6. The Morgan fingerprint density at radius 3 is 1.89 bits per heavy atom. The summed E-state index contributed by atoms with van der Waals surface area (Å²) in [4.78, 5) is 0. The van der Waals surface area contributed by atoms with E-state index in [0.29, 0.717) is 0 Å². The lowest BCUT2D eigenvalue weighted by atomic mass is 9.98. The highest BCUT2D eigenvalue weighted by atomic mass is 16.5. The van der Waals surface area contributed by atoms with Gasteiger partial charge in [0.25, 0.3) is 0 Å². The first kappa shape index (κ1) is 22.3. The minimum atomic E-state index is -1.67. The second-order valence-electron chi connectivity index (χ2n) is 6.64. The highest BCUT2D eigenvalue weighted by Crippen LogP contribution is 2.34. The van der Waals surface area contributed by atoms with E-state index in [1.807, 2.05) is 12.1 Å². The van der Waals surface area contributed by atoms with Crippen molar-refractivity contribution in [2.45, 2.75) is 43.4 Å². The van der Waals surface area contributed by atoms with Gasteiger partial charge in [-0.1, -0.05) is 48.5 Å². The molecule has 0 spiro atoms. The molecule has 0 amide bonds. The van der Waals surface area contributed by atoms with Gasteiger partial charge in [-0.25, -0.2) is 0 Å². The molecule has 1 heterocycles. The predicted molar refractivity (Wildman–Crippen MR) is 103 cm³/mol. The molecule has 7 nitrogen and oxygen atoms in total. The molecule has 1 aliphatic heterocycles. The van der Waals surface area contributed by atoms with E-state index in [0.717, 1.165) is 18.6 Å². The van der Waals surface area contributed by atoms with Gasteiger partial charge in [-0.2, -0.15) is 0 Å². The first-order valence-electron chi connectivity index (χ1n) is 9.21. The van der Waals surface area contributed by atoms with Crippen LogP contribution in [0.3, 0.4) is 0 Å². The first-order chi connectivity index (χ1) is 13.5. The van der Waals surface area contributed by atoms with Crippen molar-refractivity contribution in [1.82, 2.24) is 0 Å². The van der Waals surface area contributed by atoms with Crippen LogP contribution in [0.25, 0.3) is 0 Å². The van der Waals surface area contributed by atoms with Gasteiger partial charge < -0.3 is 35.4 Å². The standard InChI is InChI=1S/C15H14O.C6H14O6/c1-2-6-12(7-3-1)15-11-10-13-8-4-5-9-14(13)16-15;7-1-3(9)5(11)6(12)4(10)2-8/h1-9,15H,10-11H2;3-12H,1-2H2. The highest BCUT2D eigenvalue weighted by Gasteiger charge is 2.29. The number of aliphatic hydroxyl groups is 6. The van der Waals surface area contributed by atoms with Crippen LogP contribution in [0.5, 0.6) is 5.75 Å². The molecule has 2 aromatic rings. The Hall–Kier alpha value is -2.00. The maximum atomic E-state index is 8.96.